The first-order valence-corrected chi connectivity index (χ1v) is 13.4. The summed E-state index contributed by atoms with van der Waals surface area (Å²) in [5, 5.41) is 22.6. The number of amides is 3. The van der Waals surface area contributed by atoms with Crippen LogP contribution >= 0.6 is 0 Å². The van der Waals surface area contributed by atoms with E-state index in [0.29, 0.717) is 35.5 Å². The topological polar surface area (TPSA) is 148 Å². The normalized spacial score (nSPS) is 19.0. The summed E-state index contributed by atoms with van der Waals surface area (Å²) in [7, 11) is 0. The van der Waals surface area contributed by atoms with Crippen LogP contribution in [0.4, 0.5) is 14.9 Å². The molecule has 1 saturated heterocycles. The van der Waals surface area contributed by atoms with Gasteiger partial charge in [0.05, 0.1) is 6.07 Å². The minimum Gasteiger partial charge on any atom is -0.444 e. The van der Waals surface area contributed by atoms with Gasteiger partial charge in [-0.25, -0.2) is 14.2 Å². The van der Waals surface area contributed by atoms with Gasteiger partial charge in [0.15, 0.2) is 0 Å². The summed E-state index contributed by atoms with van der Waals surface area (Å²) in [5.74, 6) is -1.25. The van der Waals surface area contributed by atoms with Crippen molar-refractivity contribution >= 4 is 35.4 Å². The number of benzene rings is 1. The van der Waals surface area contributed by atoms with Gasteiger partial charge in [0.25, 0.3) is 5.91 Å². The fourth-order valence-corrected chi connectivity index (χ4v) is 4.90. The Hall–Kier alpha value is -4.59. The molecule has 1 unspecified atom stereocenters. The van der Waals surface area contributed by atoms with Gasteiger partial charge < -0.3 is 20.4 Å². The number of pyridine rings is 1. The lowest BCUT2D eigenvalue weighted by atomic mass is 9.83. The lowest BCUT2D eigenvalue weighted by Crippen LogP contribution is -2.35. The van der Waals surface area contributed by atoms with Crippen molar-refractivity contribution in [1.82, 2.24) is 15.6 Å². The number of ether oxygens (including phenoxy) is 1. The number of nitrogens with one attached hydrogen (secondary N) is 3. The molecule has 41 heavy (non-hydrogen) atoms. The van der Waals surface area contributed by atoms with Crippen LogP contribution in [0.25, 0.3) is 5.57 Å². The molecule has 1 atom stereocenters. The number of carbonyl (C=O) groups is 3. The van der Waals surface area contributed by atoms with Gasteiger partial charge >= 0.3 is 6.09 Å². The molecule has 3 N–H and O–H groups in total. The molecular weight excluding hydrogens is 527 g/mol. The number of hydrogen-bond donors (Lipinski definition) is 3. The monoisotopic (exact) mass is 560 g/mol. The molecule has 2 heterocycles. The van der Waals surface area contributed by atoms with Crippen molar-refractivity contribution < 1.29 is 23.5 Å². The highest BCUT2D eigenvalue weighted by atomic mass is 19.1. The van der Waals surface area contributed by atoms with Gasteiger partial charge in [0.1, 0.15) is 22.5 Å². The van der Waals surface area contributed by atoms with Crippen molar-refractivity contribution in [1.29, 1.82) is 10.7 Å². The molecule has 1 aliphatic carbocycles. The Labute approximate surface area is 238 Å². The number of rotatable bonds is 8. The van der Waals surface area contributed by atoms with E-state index in [9.17, 15) is 24.0 Å². The van der Waals surface area contributed by atoms with E-state index < -0.39 is 28.8 Å². The Balaban J connectivity index is 1.47. The minimum atomic E-state index is -0.999. The summed E-state index contributed by atoms with van der Waals surface area (Å²) >= 11 is 0. The largest absolute Gasteiger partial charge is 0.444 e. The van der Waals surface area contributed by atoms with Crippen molar-refractivity contribution in [3.05, 3.63) is 64.9 Å². The van der Waals surface area contributed by atoms with Crippen LogP contribution in [0.1, 0.15) is 67.3 Å². The van der Waals surface area contributed by atoms with E-state index in [2.05, 4.69) is 21.7 Å². The fourth-order valence-electron chi connectivity index (χ4n) is 4.90. The summed E-state index contributed by atoms with van der Waals surface area (Å²) in [6.07, 6.45) is 3.70. The zero-order valence-electron chi connectivity index (χ0n) is 23.5. The van der Waals surface area contributed by atoms with Crippen molar-refractivity contribution in [2.24, 2.45) is 11.3 Å². The number of nitrogens with zero attached hydrogens (tertiary/aromatic N) is 3. The van der Waals surface area contributed by atoms with Crippen LogP contribution in [0, 0.1) is 40.8 Å². The van der Waals surface area contributed by atoms with Gasteiger partial charge in [0, 0.05) is 42.5 Å². The van der Waals surface area contributed by atoms with Crippen LogP contribution in [-0.4, -0.2) is 41.3 Å². The van der Waals surface area contributed by atoms with E-state index in [1.165, 1.54) is 24.4 Å². The van der Waals surface area contributed by atoms with E-state index >= 15 is 0 Å². The number of hydrogen-bond acceptors (Lipinski definition) is 7. The van der Waals surface area contributed by atoms with Gasteiger partial charge in [0.2, 0.25) is 5.91 Å². The molecule has 10 nitrogen and oxygen atoms in total. The van der Waals surface area contributed by atoms with E-state index in [-0.39, 0.29) is 29.6 Å². The summed E-state index contributed by atoms with van der Waals surface area (Å²) in [4.78, 5) is 44.1. The molecule has 1 aliphatic heterocycles. The van der Waals surface area contributed by atoms with Crippen molar-refractivity contribution in [2.45, 2.75) is 59.1 Å². The Morgan fingerprint density at radius 1 is 1.27 bits per heavy atom. The predicted molar refractivity (Wildman–Crippen MR) is 150 cm³/mol. The molecule has 1 aromatic carbocycles. The Bertz CT molecular complexity index is 1470. The second kappa shape index (κ2) is 11.5. The number of alkyl carbamates (subject to hydrolysis) is 1. The number of halogens is 1. The molecule has 1 saturated carbocycles. The molecular formula is C30H33FN6O4. The number of aryl methyl sites for hydroxylation is 1. The highest BCUT2D eigenvalue weighted by molar-refractivity contribution is 6.08. The average molecular weight is 561 g/mol. The zero-order valence-corrected chi connectivity index (χ0v) is 23.5. The maximum Gasteiger partial charge on any atom is 0.411 e. The Morgan fingerprint density at radius 2 is 2.00 bits per heavy atom. The van der Waals surface area contributed by atoms with Crippen LogP contribution in [0.2, 0.25) is 0 Å². The first kappa shape index (κ1) is 29.4. The van der Waals surface area contributed by atoms with E-state index in [4.69, 9.17) is 10.1 Å². The van der Waals surface area contributed by atoms with E-state index in [0.717, 1.165) is 19.1 Å². The minimum absolute atomic E-state index is 0.0405. The fraction of sp³-hybridized carbons (Fsp3) is 0.400. The molecule has 0 radical (unpaired) electrons. The lowest BCUT2D eigenvalue weighted by Gasteiger charge is -2.21. The molecule has 4 rings (SSSR count). The molecule has 0 spiro atoms. The van der Waals surface area contributed by atoms with Gasteiger partial charge in [-0.2, -0.15) is 5.26 Å². The molecule has 2 aromatic rings. The van der Waals surface area contributed by atoms with Crippen LogP contribution in [0.5, 0.6) is 0 Å². The average Bonchev–Trinajstić information content (AvgIpc) is 3.69. The van der Waals surface area contributed by atoms with E-state index in [1.54, 1.807) is 44.7 Å². The van der Waals surface area contributed by atoms with E-state index in [1.807, 2.05) is 0 Å². The second-order valence-corrected chi connectivity index (χ2v) is 11.3. The van der Waals surface area contributed by atoms with Crippen LogP contribution < -0.4 is 15.5 Å². The molecule has 214 valence electrons. The third-order valence-electron chi connectivity index (χ3n) is 6.96. The number of anilines is 1. The predicted octanol–water partition coefficient (Wildman–Crippen LogP) is 4.63. The number of carbonyl (C=O) groups excluding carboxylic acids is 3. The quantitative estimate of drug-likeness (QED) is 0.401. The standard InChI is InChI=1S/C30H33FN6O4/c1-18-9-24(37-8-7-30(17-33,27(37)39)22-5-6-22)13-25(36-18)26(38)34-15-19-10-20(12-23(31)11-19)21(14-32)16-35-28(40)41-29(2,3)4/h9-14,16,22,32H,5-8,15H2,1-4H3,(H,34,38)(H,35,40)/b21-16+,32-14?. The summed E-state index contributed by atoms with van der Waals surface area (Å²) in [5.41, 5.74) is 0.395. The molecule has 2 fully saturated rings. The highest BCUT2D eigenvalue weighted by Gasteiger charge is 2.56. The number of allylic oxidation sites excluding steroid dienone is 1. The first-order valence-electron chi connectivity index (χ1n) is 13.4. The van der Waals surface area contributed by atoms with Crippen LogP contribution in [0.15, 0.2) is 36.5 Å². The molecule has 1 aromatic heterocycles. The highest BCUT2D eigenvalue weighted by Crippen LogP contribution is 2.51. The SMILES string of the molecule is Cc1cc(N2CCC(C#N)(C3CC3)C2=O)cc(C(=O)NCc2cc(F)cc(/C(C=N)=C/NC(=O)OC(C)(C)C)c2)n1. The van der Waals surface area contributed by atoms with Gasteiger partial charge in [-0.05, 0) is 94.3 Å². The number of nitriles is 1. The van der Waals surface area contributed by atoms with Gasteiger partial charge in [-0.1, -0.05) is 0 Å². The van der Waals surface area contributed by atoms with Crippen LogP contribution in [0.3, 0.4) is 0 Å². The number of aromatic nitrogens is 1. The molecule has 2 aliphatic rings. The second-order valence-electron chi connectivity index (χ2n) is 11.3. The van der Waals surface area contributed by atoms with Crippen molar-refractivity contribution in [3.8, 4) is 6.07 Å². The summed E-state index contributed by atoms with van der Waals surface area (Å²) in [6.45, 7) is 7.22. The summed E-state index contributed by atoms with van der Waals surface area (Å²) < 4.78 is 19.6. The maximum absolute atomic E-state index is 14.5. The Morgan fingerprint density at radius 3 is 2.63 bits per heavy atom. The molecule has 11 heteroatoms. The molecule has 0 bridgehead atoms. The smallest absolute Gasteiger partial charge is 0.411 e. The maximum atomic E-state index is 14.5. The first-order chi connectivity index (χ1) is 19.3. The van der Waals surface area contributed by atoms with Gasteiger partial charge in [-0.15, -0.1) is 0 Å². The van der Waals surface area contributed by atoms with Crippen molar-refractivity contribution in [2.75, 3.05) is 11.4 Å². The molecule has 3 amide bonds. The lowest BCUT2D eigenvalue weighted by molar-refractivity contribution is -0.123. The van der Waals surface area contributed by atoms with Crippen LogP contribution in [-0.2, 0) is 16.1 Å². The zero-order chi connectivity index (χ0) is 29.9. The third-order valence-corrected chi connectivity index (χ3v) is 6.96. The Kier molecular flexibility index (Phi) is 8.24. The van der Waals surface area contributed by atoms with Crippen molar-refractivity contribution in [3.63, 3.8) is 0 Å². The summed E-state index contributed by atoms with van der Waals surface area (Å²) in [6, 6.07) is 9.55. The van der Waals surface area contributed by atoms with Gasteiger partial charge in [-0.3, -0.25) is 14.9 Å². The third kappa shape index (κ3) is 6.77.